The van der Waals surface area contributed by atoms with Gasteiger partial charge in [0.05, 0.1) is 10.9 Å². The summed E-state index contributed by atoms with van der Waals surface area (Å²) in [6.07, 6.45) is 0. The zero-order valence-electron chi connectivity index (χ0n) is 11.9. The van der Waals surface area contributed by atoms with Crippen LogP contribution in [0, 0.1) is 0 Å². The summed E-state index contributed by atoms with van der Waals surface area (Å²) in [5, 5.41) is 0.187. The molecule has 2 heterocycles. The SMILES string of the molecule is NC(=O)c1cc(OCc2ccccc2)nc2nc(Cl)nc(N)c12. The van der Waals surface area contributed by atoms with Crippen molar-refractivity contribution >= 4 is 34.4 Å². The molecule has 0 radical (unpaired) electrons. The molecule has 4 N–H and O–H groups in total. The Morgan fingerprint density at radius 1 is 1.17 bits per heavy atom. The van der Waals surface area contributed by atoms with Gasteiger partial charge >= 0.3 is 0 Å². The summed E-state index contributed by atoms with van der Waals surface area (Å²) >= 11 is 5.78. The molecule has 0 unspecified atom stereocenters. The van der Waals surface area contributed by atoms with Crippen LogP contribution >= 0.6 is 11.6 Å². The number of ether oxygens (including phenoxy) is 1. The fourth-order valence-electron chi connectivity index (χ4n) is 2.11. The van der Waals surface area contributed by atoms with Crippen LogP contribution in [0.5, 0.6) is 5.88 Å². The molecular formula is C15H12ClN5O2. The predicted molar refractivity (Wildman–Crippen MR) is 86.0 cm³/mol. The molecule has 0 aliphatic heterocycles. The molecule has 7 nitrogen and oxygen atoms in total. The highest BCUT2D eigenvalue weighted by Crippen LogP contribution is 2.26. The van der Waals surface area contributed by atoms with Crippen molar-refractivity contribution in [3.05, 3.63) is 52.8 Å². The van der Waals surface area contributed by atoms with Crippen molar-refractivity contribution in [1.29, 1.82) is 0 Å². The molecule has 0 bridgehead atoms. The molecular weight excluding hydrogens is 318 g/mol. The number of nitrogens with zero attached hydrogens (tertiary/aromatic N) is 3. The second-order valence-electron chi connectivity index (χ2n) is 4.72. The normalized spacial score (nSPS) is 10.7. The number of nitrogens with two attached hydrogens (primary N) is 2. The van der Waals surface area contributed by atoms with Gasteiger partial charge in [-0.15, -0.1) is 0 Å². The van der Waals surface area contributed by atoms with Crippen LogP contribution in [0.2, 0.25) is 5.28 Å². The fraction of sp³-hybridized carbons (Fsp3) is 0.0667. The molecule has 0 spiro atoms. The molecule has 3 rings (SSSR count). The Morgan fingerprint density at radius 3 is 2.61 bits per heavy atom. The van der Waals surface area contributed by atoms with Crippen molar-refractivity contribution in [3.8, 4) is 5.88 Å². The summed E-state index contributed by atoms with van der Waals surface area (Å²) < 4.78 is 5.61. The number of hydrogen-bond acceptors (Lipinski definition) is 6. The summed E-state index contributed by atoms with van der Waals surface area (Å²) in [5.74, 6) is -0.445. The molecule has 0 aliphatic rings. The summed E-state index contributed by atoms with van der Waals surface area (Å²) in [6.45, 7) is 0.284. The lowest BCUT2D eigenvalue weighted by Gasteiger charge is -2.10. The van der Waals surface area contributed by atoms with Crippen LogP contribution in [0.25, 0.3) is 11.0 Å². The van der Waals surface area contributed by atoms with E-state index < -0.39 is 5.91 Å². The van der Waals surface area contributed by atoms with Crippen LogP contribution in [0.1, 0.15) is 15.9 Å². The average Bonchev–Trinajstić information content (AvgIpc) is 2.52. The first kappa shape index (κ1) is 15.0. The van der Waals surface area contributed by atoms with Gasteiger partial charge in [0.15, 0.2) is 5.65 Å². The van der Waals surface area contributed by atoms with Crippen molar-refractivity contribution in [3.63, 3.8) is 0 Å². The van der Waals surface area contributed by atoms with E-state index in [9.17, 15) is 4.79 Å². The van der Waals surface area contributed by atoms with Crippen LogP contribution in [-0.2, 0) is 6.61 Å². The van der Waals surface area contributed by atoms with Gasteiger partial charge in [-0.25, -0.2) is 4.98 Å². The number of pyridine rings is 1. The Bertz CT molecular complexity index is 886. The quantitative estimate of drug-likeness (QED) is 0.706. The predicted octanol–water partition coefficient (Wildman–Crippen LogP) is 1.94. The monoisotopic (exact) mass is 329 g/mol. The maximum atomic E-state index is 11.7. The highest BCUT2D eigenvalue weighted by Gasteiger charge is 2.16. The number of rotatable bonds is 4. The second-order valence-corrected chi connectivity index (χ2v) is 5.06. The standard InChI is InChI=1S/C15H12ClN5O2/c16-15-20-12(17)11-9(13(18)22)6-10(19-14(11)21-15)23-7-8-4-2-1-3-5-8/h1-6H,7H2,(H2,18,22)(H2,17,19,20,21). The first-order valence-electron chi connectivity index (χ1n) is 6.65. The third-order valence-corrected chi connectivity index (χ3v) is 3.31. The van der Waals surface area contributed by atoms with Gasteiger partial charge in [-0.1, -0.05) is 30.3 Å². The third kappa shape index (κ3) is 3.14. The Labute approximate surface area is 136 Å². The lowest BCUT2D eigenvalue weighted by atomic mass is 10.1. The molecule has 0 fully saturated rings. The van der Waals surface area contributed by atoms with Gasteiger partial charge in [0.1, 0.15) is 12.4 Å². The first-order chi connectivity index (χ1) is 11.0. The molecule has 1 amide bonds. The van der Waals surface area contributed by atoms with E-state index in [0.29, 0.717) is 0 Å². The molecule has 0 atom stereocenters. The molecule has 116 valence electrons. The maximum Gasteiger partial charge on any atom is 0.249 e. The maximum absolute atomic E-state index is 11.7. The van der Waals surface area contributed by atoms with Crippen LogP contribution in [-0.4, -0.2) is 20.9 Å². The average molecular weight is 330 g/mol. The van der Waals surface area contributed by atoms with Crippen LogP contribution in [0.3, 0.4) is 0 Å². The van der Waals surface area contributed by atoms with Crippen molar-refractivity contribution in [1.82, 2.24) is 15.0 Å². The molecule has 0 saturated heterocycles. The molecule has 0 aliphatic carbocycles. The number of hydrogen-bond donors (Lipinski definition) is 2. The zero-order chi connectivity index (χ0) is 16.4. The highest BCUT2D eigenvalue weighted by molar-refractivity contribution is 6.29. The molecule has 8 heteroatoms. The van der Waals surface area contributed by atoms with Gasteiger partial charge in [0, 0.05) is 6.07 Å². The number of nitrogen functional groups attached to an aromatic ring is 1. The summed E-state index contributed by atoms with van der Waals surface area (Å²) in [4.78, 5) is 23.7. The van der Waals surface area contributed by atoms with Gasteiger partial charge in [-0.3, -0.25) is 4.79 Å². The number of primary amides is 1. The van der Waals surface area contributed by atoms with Crippen LogP contribution in [0.15, 0.2) is 36.4 Å². The molecule has 0 saturated carbocycles. The topological polar surface area (TPSA) is 117 Å². The Balaban J connectivity index is 2.03. The van der Waals surface area contributed by atoms with E-state index >= 15 is 0 Å². The van der Waals surface area contributed by atoms with Crippen molar-refractivity contribution < 1.29 is 9.53 Å². The number of fused-ring (bicyclic) bond motifs is 1. The number of carbonyl (C=O) groups is 1. The van der Waals surface area contributed by atoms with Crippen LogP contribution < -0.4 is 16.2 Å². The lowest BCUT2D eigenvalue weighted by molar-refractivity contribution is 0.100. The van der Waals surface area contributed by atoms with Crippen LogP contribution in [0.4, 0.5) is 5.82 Å². The van der Waals surface area contributed by atoms with Crippen molar-refractivity contribution in [2.45, 2.75) is 6.61 Å². The van der Waals surface area contributed by atoms with Crippen molar-refractivity contribution in [2.75, 3.05) is 5.73 Å². The molecule has 1 aromatic carbocycles. The number of aromatic nitrogens is 3. The number of halogens is 1. The van der Waals surface area contributed by atoms with E-state index in [-0.39, 0.29) is 40.2 Å². The van der Waals surface area contributed by atoms with E-state index in [1.165, 1.54) is 6.07 Å². The zero-order valence-corrected chi connectivity index (χ0v) is 12.6. The van der Waals surface area contributed by atoms with Gasteiger partial charge in [-0.05, 0) is 17.2 Å². The summed E-state index contributed by atoms with van der Waals surface area (Å²) in [7, 11) is 0. The van der Waals surface area contributed by atoms with E-state index in [1.807, 2.05) is 30.3 Å². The Hall–Kier alpha value is -2.93. The number of carbonyl (C=O) groups excluding carboxylic acids is 1. The van der Waals surface area contributed by atoms with Gasteiger partial charge in [0.25, 0.3) is 0 Å². The van der Waals surface area contributed by atoms with Gasteiger partial charge in [0.2, 0.25) is 17.1 Å². The highest BCUT2D eigenvalue weighted by atomic mass is 35.5. The van der Waals surface area contributed by atoms with Gasteiger partial charge in [-0.2, -0.15) is 9.97 Å². The summed E-state index contributed by atoms with van der Waals surface area (Å²) in [6, 6.07) is 10.9. The minimum atomic E-state index is -0.681. The Kier molecular flexibility index (Phi) is 3.94. The minimum Gasteiger partial charge on any atom is -0.473 e. The second kappa shape index (κ2) is 6.05. The Morgan fingerprint density at radius 2 is 1.91 bits per heavy atom. The summed E-state index contributed by atoms with van der Waals surface area (Å²) in [5.41, 5.74) is 12.4. The minimum absolute atomic E-state index is 0.0379. The molecule has 3 aromatic rings. The van der Waals surface area contributed by atoms with Crippen molar-refractivity contribution in [2.24, 2.45) is 5.73 Å². The first-order valence-corrected chi connectivity index (χ1v) is 7.02. The van der Waals surface area contributed by atoms with E-state index in [0.717, 1.165) is 5.56 Å². The smallest absolute Gasteiger partial charge is 0.249 e. The third-order valence-electron chi connectivity index (χ3n) is 3.14. The van der Waals surface area contributed by atoms with Gasteiger partial charge < -0.3 is 16.2 Å². The number of anilines is 1. The molecule has 2 aromatic heterocycles. The van der Waals surface area contributed by atoms with E-state index in [1.54, 1.807) is 0 Å². The number of benzene rings is 1. The lowest BCUT2D eigenvalue weighted by Crippen LogP contribution is -2.14. The largest absolute Gasteiger partial charge is 0.473 e. The van der Waals surface area contributed by atoms with E-state index in [2.05, 4.69) is 15.0 Å². The van der Waals surface area contributed by atoms with E-state index in [4.69, 9.17) is 27.8 Å². The molecule has 23 heavy (non-hydrogen) atoms. The number of amides is 1. The fourth-order valence-corrected chi connectivity index (χ4v) is 2.28.